The Morgan fingerprint density at radius 3 is 2.81 bits per heavy atom. The number of aliphatic hydroxyl groups is 1. The van der Waals surface area contributed by atoms with E-state index in [4.69, 9.17) is 4.74 Å². The Morgan fingerprint density at radius 1 is 1.69 bits per heavy atom. The number of carbonyl (C=O) groups excluding carboxylic acids is 1. The molecule has 3 aliphatic rings. The van der Waals surface area contributed by atoms with E-state index in [9.17, 15) is 9.90 Å². The van der Waals surface area contributed by atoms with Gasteiger partial charge in [-0.2, -0.15) is 0 Å². The van der Waals surface area contributed by atoms with Gasteiger partial charge in [-0.25, -0.2) is 0 Å². The standard InChI is InChI=1S/C13H18O3/c1-8(2)10-4-11-6-12(5-10)13(11,15)7-16-9(3)14/h4,10,12,15H,1,5-7H2,2-3H3/t10-,12?,13?/m1/s1. The molecule has 1 fully saturated rings. The van der Waals surface area contributed by atoms with Gasteiger partial charge in [0.25, 0.3) is 0 Å². The quantitative estimate of drug-likeness (QED) is 0.585. The monoisotopic (exact) mass is 222 g/mol. The molecule has 3 rings (SSSR count). The molecule has 0 saturated heterocycles. The largest absolute Gasteiger partial charge is 0.462 e. The predicted octanol–water partition coefficient (Wildman–Crippen LogP) is 1.82. The third-order valence-electron chi connectivity index (χ3n) is 3.77. The topological polar surface area (TPSA) is 46.5 Å². The molecule has 1 saturated carbocycles. The van der Waals surface area contributed by atoms with Crippen molar-refractivity contribution < 1.29 is 14.6 Å². The fourth-order valence-corrected chi connectivity index (χ4v) is 2.62. The number of esters is 1. The van der Waals surface area contributed by atoms with Crippen LogP contribution < -0.4 is 0 Å². The van der Waals surface area contributed by atoms with Crippen molar-refractivity contribution in [2.24, 2.45) is 11.8 Å². The average molecular weight is 222 g/mol. The van der Waals surface area contributed by atoms with E-state index in [0.717, 1.165) is 24.0 Å². The molecule has 0 aliphatic heterocycles. The summed E-state index contributed by atoms with van der Waals surface area (Å²) in [6, 6.07) is 0. The van der Waals surface area contributed by atoms with Crippen LogP contribution in [-0.4, -0.2) is 23.3 Å². The number of ether oxygens (including phenoxy) is 1. The number of allylic oxidation sites excluding steroid dienone is 2. The summed E-state index contributed by atoms with van der Waals surface area (Å²) in [5.41, 5.74) is 1.26. The van der Waals surface area contributed by atoms with Crippen LogP contribution >= 0.6 is 0 Å². The van der Waals surface area contributed by atoms with Crippen molar-refractivity contribution in [2.45, 2.75) is 32.3 Å². The van der Waals surface area contributed by atoms with E-state index in [1.165, 1.54) is 6.92 Å². The molecular weight excluding hydrogens is 204 g/mol. The molecular formula is C13H18O3. The van der Waals surface area contributed by atoms with Gasteiger partial charge in [0.2, 0.25) is 0 Å². The van der Waals surface area contributed by atoms with Crippen LogP contribution in [0.5, 0.6) is 0 Å². The fraction of sp³-hybridized carbons (Fsp3) is 0.615. The normalized spacial score (nSPS) is 36.1. The summed E-state index contributed by atoms with van der Waals surface area (Å²) in [6.07, 6.45) is 3.93. The van der Waals surface area contributed by atoms with Gasteiger partial charge in [-0.05, 0) is 37.2 Å². The Kier molecular flexibility index (Phi) is 2.66. The van der Waals surface area contributed by atoms with Crippen molar-refractivity contribution in [1.29, 1.82) is 0 Å². The first-order chi connectivity index (χ1) is 7.43. The summed E-state index contributed by atoms with van der Waals surface area (Å²) in [5.74, 6) is 0.260. The van der Waals surface area contributed by atoms with Crippen LogP contribution in [-0.2, 0) is 9.53 Å². The highest BCUT2D eigenvalue weighted by Gasteiger charge is 2.53. The van der Waals surface area contributed by atoms with Gasteiger partial charge in [0.15, 0.2) is 0 Å². The minimum atomic E-state index is -0.891. The third kappa shape index (κ3) is 1.69. The highest BCUT2D eigenvalue weighted by Crippen LogP contribution is 2.52. The van der Waals surface area contributed by atoms with Gasteiger partial charge >= 0.3 is 5.97 Å². The van der Waals surface area contributed by atoms with Crippen molar-refractivity contribution in [3.63, 3.8) is 0 Å². The van der Waals surface area contributed by atoms with E-state index in [1.807, 2.05) is 6.92 Å². The molecule has 3 aliphatic carbocycles. The van der Waals surface area contributed by atoms with Crippen molar-refractivity contribution in [3.05, 3.63) is 23.8 Å². The highest BCUT2D eigenvalue weighted by atomic mass is 16.5. The van der Waals surface area contributed by atoms with E-state index in [-0.39, 0.29) is 18.5 Å². The van der Waals surface area contributed by atoms with Gasteiger partial charge in [-0.1, -0.05) is 18.2 Å². The van der Waals surface area contributed by atoms with Crippen LogP contribution in [0.25, 0.3) is 0 Å². The van der Waals surface area contributed by atoms with Crippen LogP contribution in [0.4, 0.5) is 0 Å². The first-order valence-corrected chi connectivity index (χ1v) is 5.66. The van der Waals surface area contributed by atoms with E-state index < -0.39 is 5.60 Å². The first-order valence-electron chi connectivity index (χ1n) is 5.66. The molecule has 0 spiro atoms. The summed E-state index contributed by atoms with van der Waals surface area (Å²) >= 11 is 0. The van der Waals surface area contributed by atoms with Gasteiger partial charge in [-0.15, -0.1) is 0 Å². The second-order valence-corrected chi connectivity index (χ2v) is 4.99. The maximum absolute atomic E-state index is 10.8. The minimum absolute atomic E-state index is 0.0990. The second kappa shape index (κ2) is 3.74. The lowest BCUT2D eigenvalue weighted by atomic mass is 9.57. The van der Waals surface area contributed by atoms with E-state index in [1.54, 1.807) is 0 Å². The Hall–Kier alpha value is -1.09. The summed E-state index contributed by atoms with van der Waals surface area (Å²) < 4.78 is 4.93. The molecule has 3 atom stereocenters. The number of hydrogen-bond donors (Lipinski definition) is 1. The molecule has 2 unspecified atom stereocenters. The zero-order valence-electron chi connectivity index (χ0n) is 9.82. The van der Waals surface area contributed by atoms with Crippen molar-refractivity contribution in [3.8, 4) is 0 Å². The summed E-state index contributed by atoms with van der Waals surface area (Å²) in [7, 11) is 0. The lowest BCUT2D eigenvalue weighted by molar-refractivity contribution is -0.156. The number of rotatable bonds is 3. The lowest BCUT2D eigenvalue weighted by Crippen LogP contribution is -2.56. The summed E-state index contributed by atoms with van der Waals surface area (Å²) in [6.45, 7) is 7.42. The molecule has 3 nitrogen and oxygen atoms in total. The average Bonchev–Trinajstić information content (AvgIpc) is 2.25. The van der Waals surface area contributed by atoms with E-state index >= 15 is 0 Å². The third-order valence-corrected chi connectivity index (χ3v) is 3.77. The van der Waals surface area contributed by atoms with Crippen LogP contribution in [0.2, 0.25) is 0 Å². The van der Waals surface area contributed by atoms with Gasteiger partial charge in [0, 0.05) is 6.92 Å². The highest BCUT2D eigenvalue weighted by molar-refractivity contribution is 5.66. The predicted molar refractivity (Wildman–Crippen MR) is 60.7 cm³/mol. The lowest BCUT2D eigenvalue weighted by Gasteiger charge is -2.52. The van der Waals surface area contributed by atoms with Crippen molar-refractivity contribution >= 4 is 5.97 Å². The van der Waals surface area contributed by atoms with Gasteiger partial charge in [0.05, 0.1) is 0 Å². The number of fused-ring (bicyclic) bond motifs is 2. The summed E-state index contributed by atoms with van der Waals surface area (Å²) in [4.78, 5) is 10.8. The molecule has 0 aromatic rings. The Bertz CT molecular complexity index is 369. The van der Waals surface area contributed by atoms with Gasteiger partial charge in [-0.3, -0.25) is 4.79 Å². The fourth-order valence-electron chi connectivity index (χ4n) is 2.62. The molecule has 16 heavy (non-hydrogen) atoms. The molecule has 0 radical (unpaired) electrons. The smallest absolute Gasteiger partial charge is 0.302 e. The van der Waals surface area contributed by atoms with E-state index in [0.29, 0.717) is 5.92 Å². The molecule has 88 valence electrons. The SMILES string of the molecule is C=C(C)[C@@H]1C=C2CC(C1)C2(O)COC(C)=O. The molecule has 0 amide bonds. The van der Waals surface area contributed by atoms with Gasteiger partial charge < -0.3 is 9.84 Å². The van der Waals surface area contributed by atoms with Crippen molar-refractivity contribution in [2.75, 3.05) is 6.61 Å². The Labute approximate surface area is 95.8 Å². The molecule has 0 heterocycles. The number of carbonyl (C=O) groups is 1. The van der Waals surface area contributed by atoms with E-state index in [2.05, 4.69) is 12.7 Å². The zero-order valence-corrected chi connectivity index (χ0v) is 9.82. The molecule has 3 heteroatoms. The molecule has 0 aromatic heterocycles. The second-order valence-electron chi connectivity index (χ2n) is 4.99. The van der Waals surface area contributed by atoms with Crippen LogP contribution in [0, 0.1) is 11.8 Å². The van der Waals surface area contributed by atoms with Crippen molar-refractivity contribution in [1.82, 2.24) is 0 Å². The molecule has 0 aromatic carbocycles. The summed E-state index contributed by atoms with van der Waals surface area (Å²) in [5, 5.41) is 10.4. The zero-order chi connectivity index (χ0) is 11.9. The maximum Gasteiger partial charge on any atom is 0.302 e. The van der Waals surface area contributed by atoms with Gasteiger partial charge in [0.1, 0.15) is 12.2 Å². The first kappa shape index (κ1) is 11.4. The minimum Gasteiger partial charge on any atom is -0.462 e. The van der Waals surface area contributed by atoms with Crippen LogP contribution in [0.3, 0.4) is 0 Å². The number of hydrogen-bond acceptors (Lipinski definition) is 3. The Balaban J connectivity index is 2.08. The molecule has 1 N–H and O–H groups in total. The molecule has 2 bridgehead atoms. The maximum atomic E-state index is 10.8. The van der Waals surface area contributed by atoms with Crippen LogP contribution in [0.1, 0.15) is 26.7 Å². The Morgan fingerprint density at radius 2 is 2.38 bits per heavy atom. The van der Waals surface area contributed by atoms with Crippen LogP contribution in [0.15, 0.2) is 23.8 Å².